The highest BCUT2D eigenvalue weighted by molar-refractivity contribution is 7.19. The number of hydrogen-bond acceptors (Lipinski definition) is 6. The van der Waals surface area contributed by atoms with E-state index in [9.17, 15) is 0 Å². The van der Waals surface area contributed by atoms with E-state index in [1.807, 2.05) is 11.3 Å². The van der Waals surface area contributed by atoms with Crippen molar-refractivity contribution in [2.45, 2.75) is 19.3 Å². The minimum Gasteiger partial charge on any atom is -0.378 e. The normalized spacial score (nSPS) is 17.8. The van der Waals surface area contributed by atoms with E-state index in [0.29, 0.717) is 0 Å². The molecule has 4 heterocycles. The molecule has 0 bridgehead atoms. The second-order valence-electron chi connectivity index (χ2n) is 5.99. The minimum absolute atomic E-state index is 0.784. The highest BCUT2D eigenvalue weighted by Gasteiger charge is 2.26. The number of aromatic nitrogens is 2. The molecule has 3 aromatic heterocycles. The number of thiophene rings is 2. The molecule has 1 saturated heterocycles. The molecule has 1 fully saturated rings. The number of morpholine rings is 1. The van der Waals surface area contributed by atoms with Crippen molar-refractivity contribution in [1.82, 2.24) is 9.97 Å². The molecule has 2 aliphatic rings. The number of aryl methyl sites for hydroxylation is 2. The smallest absolute Gasteiger partial charge is 0.173 e. The van der Waals surface area contributed by atoms with E-state index in [1.54, 1.807) is 11.3 Å². The first-order chi connectivity index (χ1) is 11.4. The van der Waals surface area contributed by atoms with Crippen molar-refractivity contribution in [3.8, 4) is 10.7 Å². The van der Waals surface area contributed by atoms with Crippen LogP contribution in [0.3, 0.4) is 0 Å². The molecule has 23 heavy (non-hydrogen) atoms. The molecule has 0 saturated carbocycles. The van der Waals surface area contributed by atoms with Crippen molar-refractivity contribution in [3.05, 3.63) is 28.0 Å². The molecule has 1 aliphatic carbocycles. The predicted molar refractivity (Wildman–Crippen MR) is 95.8 cm³/mol. The summed E-state index contributed by atoms with van der Waals surface area (Å²) in [6.07, 6.45) is 3.65. The van der Waals surface area contributed by atoms with Crippen LogP contribution in [0, 0.1) is 0 Å². The second-order valence-corrected chi connectivity index (χ2v) is 8.02. The van der Waals surface area contributed by atoms with E-state index in [0.717, 1.165) is 47.7 Å². The van der Waals surface area contributed by atoms with Crippen LogP contribution in [-0.2, 0) is 17.6 Å². The third kappa shape index (κ3) is 2.28. The first kappa shape index (κ1) is 13.9. The van der Waals surface area contributed by atoms with Crippen LogP contribution in [0.4, 0.5) is 5.82 Å². The first-order valence-corrected chi connectivity index (χ1v) is 9.78. The van der Waals surface area contributed by atoms with Crippen LogP contribution < -0.4 is 4.90 Å². The van der Waals surface area contributed by atoms with Gasteiger partial charge in [0.15, 0.2) is 5.82 Å². The van der Waals surface area contributed by atoms with Crippen LogP contribution in [-0.4, -0.2) is 36.3 Å². The topological polar surface area (TPSA) is 38.2 Å². The Morgan fingerprint density at radius 2 is 2.04 bits per heavy atom. The summed E-state index contributed by atoms with van der Waals surface area (Å²) in [7, 11) is 0. The third-order valence-corrected chi connectivity index (χ3v) is 6.65. The molecule has 0 N–H and O–H groups in total. The highest BCUT2D eigenvalue weighted by atomic mass is 32.1. The molecule has 1 aliphatic heterocycles. The SMILES string of the molecule is c1csc(-c2nc(N3CCOCC3)c3c4c(sc3n2)CCC4)c1. The van der Waals surface area contributed by atoms with Crippen LogP contribution in [0.2, 0.25) is 0 Å². The summed E-state index contributed by atoms with van der Waals surface area (Å²) in [5.74, 6) is 2.00. The van der Waals surface area contributed by atoms with Gasteiger partial charge in [0.1, 0.15) is 10.6 Å². The Morgan fingerprint density at radius 3 is 2.87 bits per heavy atom. The van der Waals surface area contributed by atoms with E-state index >= 15 is 0 Å². The first-order valence-electron chi connectivity index (χ1n) is 8.09. The van der Waals surface area contributed by atoms with E-state index in [-0.39, 0.29) is 0 Å². The van der Waals surface area contributed by atoms with Crippen molar-refractivity contribution in [2.24, 2.45) is 0 Å². The third-order valence-electron chi connectivity index (χ3n) is 4.60. The molecule has 4 nitrogen and oxygen atoms in total. The maximum Gasteiger partial charge on any atom is 0.173 e. The molecule has 5 rings (SSSR count). The van der Waals surface area contributed by atoms with Gasteiger partial charge in [0.25, 0.3) is 0 Å². The van der Waals surface area contributed by atoms with Gasteiger partial charge in [-0.2, -0.15) is 0 Å². The van der Waals surface area contributed by atoms with E-state index in [2.05, 4.69) is 22.4 Å². The number of nitrogens with zero attached hydrogens (tertiary/aromatic N) is 3. The van der Waals surface area contributed by atoms with Crippen molar-refractivity contribution < 1.29 is 4.74 Å². The largest absolute Gasteiger partial charge is 0.378 e. The van der Waals surface area contributed by atoms with Crippen molar-refractivity contribution in [3.63, 3.8) is 0 Å². The number of anilines is 1. The van der Waals surface area contributed by atoms with Gasteiger partial charge in [-0.3, -0.25) is 0 Å². The van der Waals surface area contributed by atoms with Gasteiger partial charge in [0.2, 0.25) is 0 Å². The maximum atomic E-state index is 5.53. The number of hydrogen-bond donors (Lipinski definition) is 0. The average molecular weight is 343 g/mol. The fourth-order valence-corrected chi connectivity index (χ4v) is 5.41. The molecule has 0 aromatic carbocycles. The lowest BCUT2D eigenvalue weighted by Crippen LogP contribution is -2.37. The minimum atomic E-state index is 0.784. The number of rotatable bonds is 2. The average Bonchev–Trinajstić information content (AvgIpc) is 3.31. The van der Waals surface area contributed by atoms with Crippen LogP contribution in [0.15, 0.2) is 17.5 Å². The molecular formula is C17H17N3OS2. The summed E-state index contributed by atoms with van der Waals surface area (Å²) < 4.78 is 5.53. The van der Waals surface area contributed by atoms with Crippen molar-refractivity contribution in [1.29, 1.82) is 0 Å². The summed E-state index contributed by atoms with van der Waals surface area (Å²) in [6.45, 7) is 3.40. The lowest BCUT2D eigenvalue weighted by atomic mass is 10.1. The van der Waals surface area contributed by atoms with Gasteiger partial charge in [-0.1, -0.05) is 6.07 Å². The zero-order valence-corrected chi connectivity index (χ0v) is 14.4. The van der Waals surface area contributed by atoms with Gasteiger partial charge in [-0.05, 0) is 36.3 Å². The second kappa shape index (κ2) is 5.54. The van der Waals surface area contributed by atoms with E-state index in [4.69, 9.17) is 14.7 Å². The van der Waals surface area contributed by atoms with Crippen molar-refractivity contribution >= 4 is 38.7 Å². The Kier molecular flexibility index (Phi) is 3.35. The summed E-state index contributed by atoms with van der Waals surface area (Å²) in [5, 5.41) is 3.40. The zero-order chi connectivity index (χ0) is 15.2. The fraction of sp³-hybridized carbons (Fsp3) is 0.412. The fourth-order valence-electron chi connectivity index (χ4n) is 3.50. The molecule has 0 atom stereocenters. The Labute approximate surface area is 142 Å². The lowest BCUT2D eigenvalue weighted by molar-refractivity contribution is 0.122. The Balaban J connectivity index is 1.74. The van der Waals surface area contributed by atoms with Gasteiger partial charge in [0.05, 0.1) is 23.5 Å². The molecule has 0 radical (unpaired) electrons. The predicted octanol–water partition coefficient (Wildman–Crippen LogP) is 3.75. The lowest BCUT2D eigenvalue weighted by Gasteiger charge is -2.28. The Bertz CT molecular complexity index is 850. The van der Waals surface area contributed by atoms with Crippen LogP contribution >= 0.6 is 22.7 Å². The van der Waals surface area contributed by atoms with Gasteiger partial charge < -0.3 is 9.64 Å². The van der Waals surface area contributed by atoms with Gasteiger partial charge in [-0.25, -0.2) is 9.97 Å². The molecule has 3 aromatic rings. The van der Waals surface area contributed by atoms with E-state index < -0.39 is 0 Å². The van der Waals surface area contributed by atoms with Crippen molar-refractivity contribution in [2.75, 3.05) is 31.2 Å². The summed E-state index contributed by atoms with van der Waals surface area (Å²) in [5.41, 5.74) is 1.50. The number of ether oxygens (including phenoxy) is 1. The molecule has 0 spiro atoms. The molecule has 0 unspecified atom stereocenters. The van der Waals surface area contributed by atoms with E-state index in [1.165, 1.54) is 35.1 Å². The Hall–Kier alpha value is -1.50. The maximum absolute atomic E-state index is 5.53. The summed E-state index contributed by atoms with van der Waals surface area (Å²) in [4.78, 5) is 16.1. The monoisotopic (exact) mass is 343 g/mol. The summed E-state index contributed by atoms with van der Waals surface area (Å²) >= 11 is 3.58. The molecule has 118 valence electrons. The van der Waals surface area contributed by atoms with Gasteiger partial charge >= 0.3 is 0 Å². The quantitative estimate of drug-likeness (QED) is 0.710. The highest BCUT2D eigenvalue weighted by Crippen LogP contribution is 2.42. The molecular weight excluding hydrogens is 326 g/mol. The van der Waals surface area contributed by atoms with Crippen LogP contribution in [0.1, 0.15) is 16.9 Å². The molecule has 0 amide bonds. The van der Waals surface area contributed by atoms with Gasteiger partial charge in [-0.15, -0.1) is 22.7 Å². The van der Waals surface area contributed by atoms with Gasteiger partial charge in [0, 0.05) is 18.0 Å². The standard InChI is InChI=1S/C17H17N3OS2/c1-3-11-12(4-1)23-17-14(11)16(20-6-8-21-9-7-20)18-15(19-17)13-5-2-10-22-13/h2,5,10H,1,3-4,6-9H2. The Morgan fingerprint density at radius 1 is 1.13 bits per heavy atom. The zero-order valence-electron chi connectivity index (χ0n) is 12.7. The number of fused-ring (bicyclic) bond motifs is 3. The molecule has 6 heteroatoms. The van der Waals surface area contributed by atoms with Crippen LogP contribution in [0.5, 0.6) is 0 Å². The summed E-state index contributed by atoms with van der Waals surface area (Å²) in [6, 6.07) is 4.17. The van der Waals surface area contributed by atoms with Crippen LogP contribution in [0.25, 0.3) is 20.9 Å².